The van der Waals surface area contributed by atoms with Crippen LogP contribution in [0.3, 0.4) is 0 Å². The molecule has 5 heteroatoms. The van der Waals surface area contributed by atoms with E-state index in [-0.39, 0.29) is 0 Å². The largest absolute Gasteiger partial charge is 0.375 e. The molecule has 0 amide bonds. The molecule has 3 aliphatic rings. The zero-order valence-electron chi connectivity index (χ0n) is 14.2. The topological polar surface area (TPSA) is 41.5 Å². The Labute approximate surface area is 139 Å². The molecule has 126 valence electrons. The second kappa shape index (κ2) is 6.73. The number of hydrogen-bond acceptors (Lipinski definition) is 5. The maximum absolute atomic E-state index is 6.20. The van der Waals surface area contributed by atoms with E-state index >= 15 is 0 Å². The lowest BCUT2D eigenvalue weighted by Crippen LogP contribution is -2.47. The number of rotatable bonds is 4. The summed E-state index contributed by atoms with van der Waals surface area (Å²) in [6.45, 7) is 8.60. The molecule has 2 aliphatic heterocycles. The molecule has 2 saturated heterocycles. The summed E-state index contributed by atoms with van der Waals surface area (Å²) in [5.41, 5.74) is 1.20. The highest BCUT2D eigenvalue weighted by molar-refractivity contribution is 5.31. The van der Waals surface area contributed by atoms with E-state index in [0.717, 1.165) is 44.5 Å². The molecule has 2 atom stereocenters. The predicted molar refractivity (Wildman–Crippen MR) is 90.6 cm³/mol. The highest BCUT2D eigenvalue weighted by Gasteiger charge is 2.35. The summed E-state index contributed by atoms with van der Waals surface area (Å²) < 4.78 is 6.20. The summed E-state index contributed by atoms with van der Waals surface area (Å²) in [5, 5.41) is 0. The third kappa shape index (κ3) is 3.66. The lowest BCUT2D eigenvalue weighted by molar-refractivity contribution is 0.0249. The van der Waals surface area contributed by atoms with Crippen molar-refractivity contribution in [1.29, 1.82) is 0 Å². The van der Waals surface area contributed by atoms with Gasteiger partial charge in [-0.3, -0.25) is 0 Å². The van der Waals surface area contributed by atoms with Crippen molar-refractivity contribution >= 4 is 5.95 Å². The molecule has 23 heavy (non-hydrogen) atoms. The Balaban J connectivity index is 1.38. The van der Waals surface area contributed by atoms with Gasteiger partial charge in [0, 0.05) is 51.0 Å². The van der Waals surface area contributed by atoms with Crippen molar-refractivity contribution in [3.63, 3.8) is 0 Å². The van der Waals surface area contributed by atoms with Crippen LogP contribution >= 0.6 is 0 Å². The molecule has 0 aromatic carbocycles. The Morgan fingerprint density at radius 2 is 1.96 bits per heavy atom. The summed E-state index contributed by atoms with van der Waals surface area (Å²) in [6.07, 6.45) is 9.30. The van der Waals surface area contributed by atoms with Gasteiger partial charge in [-0.05, 0) is 37.2 Å². The van der Waals surface area contributed by atoms with E-state index < -0.39 is 0 Å². The van der Waals surface area contributed by atoms with Crippen molar-refractivity contribution in [3.05, 3.63) is 18.0 Å². The Kier molecular flexibility index (Phi) is 4.49. The van der Waals surface area contributed by atoms with E-state index in [0.29, 0.717) is 12.0 Å². The van der Waals surface area contributed by atoms with Crippen LogP contribution in [0, 0.1) is 11.8 Å². The van der Waals surface area contributed by atoms with E-state index in [1.807, 2.05) is 12.4 Å². The van der Waals surface area contributed by atoms with Crippen LogP contribution in [0.25, 0.3) is 0 Å². The first kappa shape index (κ1) is 15.3. The van der Waals surface area contributed by atoms with Crippen LogP contribution in [-0.2, 0) is 11.2 Å². The van der Waals surface area contributed by atoms with Gasteiger partial charge in [0.2, 0.25) is 5.95 Å². The quantitative estimate of drug-likeness (QED) is 0.849. The third-order valence-electron chi connectivity index (χ3n) is 5.52. The number of aryl methyl sites for hydroxylation is 1. The molecule has 0 spiro atoms. The molecule has 5 nitrogen and oxygen atoms in total. The van der Waals surface area contributed by atoms with Gasteiger partial charge in [0.05, 0.1) is 12.7 Å². The average Bonchev–Trinajstić information content (AvgIpc) is 3.41. The first-order chi connectivity index (χ1) is 11.3. The van der Waals surface area contributed by atoms with Gasteiger partial charge in [-0.1, -0.05) is 6.92 Å². The fourth-order valence-corrected chi connectivity index (χ4v) is 3.83. The second-order valence-corrected chi connectivity index (χ2v) is 7.35. The van der Waals surface area contributed by atoms with Crippen molar-refractivity contribution in [3.8, 4) is 0 Å². The molecular weight excluding hydrogens is 288 g/mol. The zero-order chi connectivity index (χ0) is 15.6. The molecule has 1 aromatic rings. The van der Waals surface area contributed by atoms with Gasteiger partial charge in [-0.2, -0.15) is 0 Å². The number of fused-ring (bicyclic) bond motifs is 1. The molecule has 0 bridgehead atoms. The molecule has 0 radical (unpaired) electrons. The Morgan fingerprint density at radius 3 is 2.70 bits per heavy atom. The average molecular weight is 316 g/mol. The van der Waals surface area contributed by atoms with E-state index in [1.54, 1.807) is 0 Å². The fourth-order valence-electron chi connectivity index (χ4n) is 3.83. The van der Waals surface area contributed by atoms with Crippen molar-refractivity contribution in [2.24, 2.45) is 11.8 Å². The second-order valence-electron chi connectivity index (χ2n) is 7.35. The molecule has 4 rings (SSSR count). The number of piperidine rings is 1. The maximum Gasteiger partial charge on any atom is 0.225 e. The van der Waals surface area contributed by atoms with Crippen LogP contribution in [0.1, 0.15) is 31.7 Å². The van der Waals surface area contributed by atoms with Gasteiger partial charge in [0.1, 0.15) is 0 Å². The third-order valence-corrected chi connectivity index (χ3v) is 5.52. The Morgan fingerprint density at radius 1 is 1.13 bits per heavy atom. The van der Waals surface area contributed by atoms with E-state index in [4.69, 9.17) is 4.74 Å². The summed E-state index contributed by atoms with van der Waals surface area (Å²) in [5.74, 6) is 2.50. The maximum atomic E-state index is 6.20. The highest BCUT2D eigenvalue weighted by atomic mass is 16.5. The normalized spacial score (nSPS) is 29.2. The summed E-state index contributed by atoms with van der Waals surface area (Å²) in [7, 11) is 0. The predicted octanol–water partition coefficient (Wildman–Crippen LogP) is 1.98. The molecule has 1 saturated carbocycles. The molecule has 1 aromatic heterocycles. The van der Waals surface area contributed by atoms with Crippen molar-refractivity contribution < 1.29 is 4.74 Å². The lowest BCUT2D eigenvalue weighted by Gasteiger charge is -2.38. The number of nitrogens with zero attached hydrogens (tertiary/aromatic N) is 4. The van der Waals surface area contributed by atoms with Gasteiger partial charge >= 0.3 is 0 Å². The smallest absolute Gasteiger partial charge is 0.225 e. The minimum Gasteiger partial charge on any atom is -0.375 e. The van der Waals surface area contributed by atoms with Crippen LogP contribution in [0.2, 0.25) is 0 Å². The summed E-state index contributed by atoms with van der Waals surface area (Å²) >= 11 is 0. The first-order valence-corrected chi connectivity index (χ1v) is 9.21. The van der Waals surface area contributed by atoms with Crippen molar-refractivity contribution in [1.82, 2.24) is 14.9 Å². The van der Waals surface area contributed by atoms with Gasteiger partial charge in [-0.15, -0.1) is 0 Å². The molecule has 0 N–H and O–H groups in total. The van der Waals surface area contributed by atoms with E-state index in [9.17, 15) is 0 Å². The molecule has 3 heterocycles. The van der Waals surface area contributed by atoms with Gasteiger partial charge in [0.25, 0.3) is 0 Å². The number of ether oxygens (including phenoxy) is 1. The Hall–Kier alpha value is -1.20. The van der Waals surface area contributed by atoms with Crippen molar-refractivity contribution in [2.75, 3.05) is 44.2 Å². The zero-order valence-corrected chi connectivity index (χ0v) is 14.2. The van der Waals surface area contributed by atoms with Gasteiger partial charge < -0.3 is 14.5 Å². The van der Waals surface area contributed by atoms with Gasteiger partial charge in [-0.25, -0.2) is 9.97 Å². The van der Waals surface area contributed by atoms with Crippen molar-refractivity contribution in [2.45, 2.75) is 38.7 Å². The number of aromatic nitrogens is 2. The van der Waals surface area contributed by atoms with Crippen LogP contribution in [0.15, 0.2) is 12.4 Å². The summed E-state index contributed by atoms with van der Waals surface area (Å²) in [4.78, 5) is 14.0. The minimum absolute atomic E-state index is 0.336. The van der Waals surface area contributed by atoms with Gasteiger partial charge in [0.15, 0.2) is 0 Å². The molecular formula is C18H28N4O. The molecule has 2 unspecified atom stereocenters. The van der Waals surface area contributed by atoms with Crippen LogP contribution in [-0.4, -0.2) is 60.3 Å². The lowest BCUT2D eigenvalue weighted by atomic mass is 9.93. The van der Waals surface area contributed by atoms with Crippen LogP contribution < -0.4 is 4.90 Å². The molecule has 1 aliphatic carbocycles. The SMILES string of the molecule is CCc1cnc(N2CCC3CN(CC4CC4)CCOC3C2)nc1. The highest BCUT2D eigenvalue weighted by Crippen LogP contribution is 2.32. The van der Waals surface area contributed by atoms with E-state index in [1.165, 1.54) is 37.9 Å². The minimum atomic E-state index is 0.336. The standard InChI is InChI=1S/C18H28N4O/c1-2-14-9-19-18(20-10-14)22-6-5-16-12-21(11-15-3-4-15)7-8-23-17(16)13-22/h9-10,15-17H,2-8,11-13H2,1H3. The number of anilines is 1. The van der Waals surface area contributed by atoms with Crippen LogP contribution in [0.4, 0.5) is 5.95 Å². The summed E-state index contributed by atoms with van der Waals surface area (Å²) in [6, 6.07) is 0. The monoisotopic (exact) mass is 316 g/mol. The number of hydrogen-bond donors (Lipinski definition) is 0. The first-order valence-electron chi connectivity index (χ1n) is 9.21. The van der Waals surface area contributed by atoms with Crippen LogP contribution in [0.5, 0.6) is 0 Å². The van der Waals surface area contributed by atoms with E-state index in [2.05, 4.69) is 26.7 Å². The fraction of sp³-hybridized carbons (Fsp3) is 0.778. The Bertz CT molecular complexity index is 516. The molecule has 3 fully saturated rings.